The lowest BCUT2D eigenvalue weighted by molar-refractivity contribution is 0.238. The summed E-state index contributed by atoms with van der Waals surface area (Å²) in [5, 5.41) is 19.7. The molecule has 0 amide bonds. The van der Waals surface area contributed by atoms with E-state index in [0.717, 1.165) is 18.7 Å². The van der Waals surface area contributed by atoms with Crippen molar-refractivity contribution < 1.29 is 14.6 Å². The van der Waals surface area contributed by atoms with Gasteiger partial charge in [-0.25, -0.2) is 14.4 Å². The fourth-order valence-electron chi connectivity index (χ4n) is 2.80. The maximum absolute atomic E-state index is 12.9. The van der Waals surface area contributed by atoms with Gasteiger partial charge in [-0.2, -0.15) is 0 Å². The van der Waals surface area contributed by atoms with E-state index in [-0.39, 0.29) is 12.4 Å². The molecule has 0 saturated carbocycles. The van der Waals surface area contributed by atoms with Crippen molar-refractivity contribution >= 4 is 5.95 Å². The molecular weight excluding hydrogens is 313 g/mol. The number of aliphatic hydroxyl groups is 1. The summed E-state index contributed by atoms with van der Waals surface area (Å²) < 4.78 is 12.9. The highest BCUT2D eigenvalue weighted by Crippen LogP contribution is 2.26. The predicted molar refractivity (Wildman–Crippen MR) is 86.0 cm³/mol. The van der Waals surface area contributed by atoms with E-state index in [1.54, 1.807) is 13.1 Å². The van der Waals surface area contributed by atoms with Gasteiger partial charge in [-0.3, -0.25) is 9.88 Å². The minimum absolute atomic E-state index is 0.144. The zero-order chi connectivity index (χ0) is 17.1. The number of rotatable bonds is 4. The van der Waals surface area contributed by atoms with E-state index in [1.165, 1.54) is 12.4 Å². The number of aromatic hydroxyl groups is 1. The lowest BCUT2D eigenvalue weighted by Crippen LogP contribution is -2.46. The smallest absolute Gasteiger partial charge is 0.225 e. The monoisotopic (exact) mass is 333 g/mol. The van der Waals surface area contributed by atoms with Gasteiger partial charge in [0.25, 0.3) is 0 Å². The van der Waals surface area contributed by atoms with Gasteiger partial charge in [0.2, 0.25) is 5.95 Å². The predicted octanol–water partition coefficient (Wildman–Crippen LogP) is 0.839. The van der Waals surface area contributed by atoms with Crippen LogP contribution in [0, 0.1) is 12.7 Å². The van der Waals surface area contributed by atoms with Crippen LogP contribution in [0.3, 0.4) is 0 Å². The lowest BCUT2D eigenvalue weighted by atomic mass is 10.1. The molecule has 2 aromatic rings. The van der Waals surface area contributed by atoms with Gasteiger partial charge < -0.3 is 15.1 Å². The molecule has 1 aliphatic heterocycles. The fraction of sp³-hybridized carbons (Fsp3) is 0.438. The van der Waals surface area contributed by atoms with Crippen molar-refractivity contribution in [3.05, 3.63) is 41.2 Å². The molecule has 0 aliphatic carbocycles. The first-order valence-electron chi connectivity index (χ1n) is 7.80. The van der Waals surface area contributed by atoms with Crippen molar-refractivity contribution in [3.63, 3.8) is 0 Å². The molecule has 2 aromatic heterocycles. The largest absolute Gasteiger partial charge is 0.506 e. The van der Waals surface area contributed by atoms with E-state index in [2.05, 4.69) is 19.9 Å². The quantitative estimate of drug-likeness (QED) is 0.857. The Morgan fingerprint density at radius 2 is 1.75 bits per heavy atom. The molecule has 0 spiro atoms. The Morgan fingerprint density at radius 3 is 2.38 bits per heavy atom. The first kappa shape index (κ1) is 16.5. The fourth-order valence-corrected chi connectivity index (χ4v) is 2.80. The van der Waals surface area contributed by atoms with Crippen LogP contribution in [0.25, 0.3) is 0 Å². The average Bonchev–Trinajstić information content (AvgIpc) is 2.61. The number of pyridine rings is 1. The molecule has 1 aliphatic rings. The molecule has 2 N–H and O–H groups in total. The molecule has 8 heteroatoms. The second-order valence-corrected chi connectivity index (χ2v) is 5.82. The van der Waals surface area contributed by atoms with E-state index >= 15 is 0 Å². The molecule has 3 rings (SSSR count). The highest BCUT2D eigenvalue weighted by molar-refractivity contribution is 5.40. The number of hydrogen-bond donors (Lipinski definition) is 2. The third-order valence-corrected chi connectivity index (χ3v) is 4.24. The lowest BCUT2D eigenvalue weighted by Gasteiger charge is -2.35. The number of aryl methyl sites for hydroxylation is 1. The molecule has 7 nitrogen and oxygen atoms in total. The highest BCUT2D eigenvalue weighted by Gasteiger charge is 2.21. The number of halogens is 1. The van der Waals surface area contributed by atoms with Crippen LogP contribution in [0.15, 0.2) is 18.6 Å². The van der Waals surface area contributed by atoms with E-state index in [1.807, 2.05) is 4.90 Å². The van der Waals surface area contributed by atoms with Crippen molar-refractivity contribution in [2.45, 2.75) is 20.1 Å². The third kappa shape index (κ3) is 3.44. The van der Waals surface area contributed by atoms with Crippen molar-refractivity contribution in [3.8, 4) is 5.75 Å². The van der Waals surface area contributed by atoms with Crippen LogP contribution in [-0.2, 0) is 13.2 Å². The number of piperazine rings is 1. The molecule has 0 radical (unpaired) electrons. The maximum Gasteiger partial charge on any atom is 0.225 e. The molecule has 1 saturated heterocycles. The zero-order valence-corrected chi connectivity index (χ0v) is 13.5. The second-order valence-electron chi connectivity index (χ2n) is 5.82. The topological polar surface area (TPSA) is 85.6 Å². The Bertz CT molecular complexity index is 702. The summed E-state index contributed by atoms with van der Waals surface area (Å²) in [7, 11) is 0. The summed E-state index contributed by atoms with van der Waals surface area (Å²) in [5.41, 5.74) is 1.92. The van der Waals surface area contributed by atoms with Crippen molar-refractivity contribution in [2.24, 2.45) is 0 Å². The summed E-state index contributed by atoms with van der Waals surface area (Å²) in [6, 6.07) is 0. The van der Waals surface area contributed by atoms with Gasteiger partial charge in [0.05, 0.1) is 24.7 Å². The van der Waals surface area contributed by atoms with Crippen LogP contribution >= 0.6 is 0 Å². The Balaban J connectivity index is 1.66. The van der Waals surface area contributed by atoms with Crippen LogP contribution in [0.2, 0.25) is 0 Å². The molecule has 128 valence electrons. The number of anilines is 1. The van der Waals surface area contributed by atoms with Crippen LogP contribution in [0.1, 0.15) is 16.8 Å². The van der Waals surface area contributed by atoms with Gasteiger partial charge >= 0.3 is 0 Å². The first-order chi connectivity index (χ1) is 11.6. The van der Waals surface area contributed by atoms with E-state index < -0.39 is 5.82 Å². The molecule has 0 aromatic carbocycles. The number of aromatic nitrogens is 3. The van der Waals surface area contributed by atoms with Crippen molar-refractivity contribution in [2.75, 3.05) is 31.1 Å². The number of nitrogens with zero attached hydrogens (tertiary/aromatic N) is 5. The minimum Gasteiger partial charge on any atom is -0.506 e. The Morgan fingerprint density at radius 1 is 1.08 bits per heavy atom. The molecule has 0 bridgehead atoms. The first-order valence-corrected chi connectivity index (χ1v) is 7.80. The highest BCUT2D eigenvalue weighted by atomic mass is 19.1. The Labute approximate surface area is 139 Å². The zero-order valence-electron chi connectivity index (χ0n) is 13.5. The molecule has 0 atom stereocenters. The Kier molecular flexibility index (Phi) is 4.86. The van der Waals surface area contributed by atoms with Crippen molar-refractivity contribution in [1.82, 2.24) is 19.9 Å². The minimum atomic E-state index is -0.447. The van der Waals surface area contributed by atoms with E-state index in [0.29, 0.717) is 36.8 Å². The van der Waals surface area contributed by atoms with Crippen LogP contribution < -0.4 is 4.90 Å². The number of hydrogen-bond acceptors (Lipinski definition) is 7. The SMILES string of the molecule is Cc1ncc(CO)c(CN2CCN(c3ncc(F)cn3)CC2)c1O. The van der Waals surface area contributed by atoms with Gasteiger partial charge in [-0.15, -0.1) is 0 Å². The van der Waals surface area contributed by atoms with Gasteiger partial charge in [-0.1, -0.05) is 0 Å². The van der Waals surface area contributed by atoms with Gasteiger partial charge in [0.1, 0.15) is 5.75 Å². The van der Waals surface area contributed by atoms with Crippen LogP contribution in [0.4, 0.5) is 10.3 Å². The van der Waals surface area contributed by atoms with E-state index in [4.69, 9.17) is 0 Å². The average molecular weight is 333 g/mol. The second kappa shape index (κ2) is 7.06. The van der Waals surface area contributed by atoms with Gasteiger partial charge in [-0.05, 0) is 6.92 Å². The molecule has 24 heavy (non-hydrogen) atoms. The van der Waals surface area contributed by atoms with Gasteiger partial charge in [0, 0.05) is 50.0 Å². The summed E-state index contributed by atoms with van der Waals surface area (Å²) in [6.07, 6.45) is 3.94. The standard InChI is InChI=1S/C16H20FN5O2/c1-11-15(24)14(12(10-23)6-18-11)9-21-2-4-22(5-3-21)16-19-7-13(17)8-20-16/h6-8,23-24H,2-5,9-10H2,1H3. The summed E-state index contributed by atoms with van der Waals surface area (Å²) >= 11 is 0. The van der Waals surface area contributed by atoms with E-state index in [9.17, 15) is 14.6 Å². The normalized spacial score (nSPS) is 15.7. The maximum atomic E-state index is 12.9. The van der Waals surface area contributed by atoms with Gasteiger partial charge in [0.15, 0.2) is 5.82 Å². The third-order valence-electron chi connectivity index (χ3n) is 4.24. The van der Waals surface area contributed by atoms with Crippen molar-refractivity contribution in [1.29, 1.82) is 0 Å². The summed E-state index contributed by atoms with van der Waals surface area (Å²) in [4.78, 5) is 16.3. The molecule has 0 unspecified atom stereocenters. The number of aliphatic hydroxyl groups excluding tert-OH is 1. The van der Waals surface area contributed by atoms with Crippen LogP contribution in [-0.4, -0.2) is 56.2 Å². The molecule has 3 heterocycles. The van der Waals surface area contributed by atoms with Crippen LogP contribution in [0.5, 0.6) is 5.75 Å². The summed E-state index contributed by atoms with van der Waals surface area (Å²) in [6.45, 7) is 5.07. The molecule has 1 fully saturated rings. The molecular formula is C16H20FN5O2. The Hall–Kier alpha value is -2.32. The summed E-state index contributed by atoms with van der Waals surface area (Å²) in [5.74, 6) is 0.220.